The molecule has 1 aromatic rings. The van der Waals surface area contributed by atoms with Gasteiger partial charge in [-0.3, -0.25) is 0 Å². The maximum atomic E-state index is 12.3. The fraction of sp³-hybridized carbons (Fsp3) is 0.750. The molecule has 3 atom stereocenters. The molecular weight excluding hydrogens is 399 g/mol. The number of aromatic nitrogens is 2. The number of nitrogens with zero attached hydrogens (tertiary/aromatic N) is 3. The summed E-state index contributed by atoms with van der Waals surface area (Å²) in [7, 11) is 0. The van der Waals surface area contributed by atoms with Crippen LogP contribution in [0.2, 0.25) is 0 Å². The van der Waals surface area contributed by atoms with Crippen LogP contribution in [0.3, 0.4) is 0 Å². The van der Waals surface area contributed by atoms with Gasteiger partial charge >= 0.3 is 6.18 Å². The molecule has 2 aliphatic rings. The standard InChI is InChI=1S/C20H28F3N5O2/c1-12-2-3-15(8-17(12)29)26-18-13(9-24)10-25-19(28-18)27-14-4-6-16(7-5-14)30-11-20(21,22)23/h10,12,14-17,29H,2-8,11H2,1H3,(H2,25,26,27,28)/t12-,14?,15-,16?,17?/m1/s1. The van der Waals surface area contributed by atoms with Crippen molar-refractivity contribution < 1.29 is 23.0 Å². The fourth-order valence-electron chi connectivity index (χ4n) is 4.03. The van der Waals surface area contributed by atoms with E-state index < -0.39 is 12.8 Å². The van der Waals surface area contributed by atoms with Gasteiger partial charge in [0, 0.05) is 12.1 Å². The van der Waals surface area contributed by atoms with Gasteiger partial charge in [0.15, 0.2) is 0 Å². The van der Waals surface area contributed by atoms with Crippen molar-refractivity contribution in [3.8, 4) is 6.07 Å². The molecule has 166 valence electrons. The van der Waals surface area contributed by atoms with E-state index in [-0.39, 0.29) is 30.2 Å². The van der Waals surface area contributed by atoms with Gasteiger partial charge in [-0.1, -0.05) is 6.92 Å². The molecule has 1 unspecified atom stereocenters. The van der Waals surface area contributed by atoms with Crippen LogP contribution < -0.4 is 10.6 Å². The Morgan fingerprint density at radius 2 is 1.87 bits per heavy atom. The number of aliphatic hydroxyl groups is 1. The first-order valence-corrected chi connectivity index (χ1v) is 10.4. The van der Waals surface area contributed by atoms with E-state index in [1.54, 1.807) is 0 Å². The van der Waals surface area contributed by atoms with Crippen molar-refractivity contribution in [1.29, 1.82) is 5.26 Å². The molecule has 0 saturated heterocycles. The minimum atomic E-state index is -4.30. The SMILES string of the molecule is C[C@@H]1CC[C@@H](Nc2nc(NC3CCC(OCC(F)(F)F)CC3)ncc2C#N)CC1O. The molecule has 1 heterocycles. The molecule has 0 aromatic carbocycles. The number of aliphatic hydroxyl groups excluding tert-OH is 1. The normalized spacial score (nSPS) is 29.8. The lowest BCUT2D eigenvalue weighted by molar-refractivity contribution is -0.187. The van der Waals surface area contributed by atoms with Crippen LogP contribution in [-0.4, -0.2) is 52.1 Å². The Kier molecular flexibility index (Phi) is 7.36. The highest BCUT2D eigenvalue weighted by Gasteiger charge is 2.31. The van der Waals surface area contributed by atoms with Crippen LogP contribution in [0.5, 0.6) is 0 Å². The van der Waals surface area contributed by atoms with E-state index in [4.69, 9.17) is 4.74 Å². The monoisotopic (exact) mass is 427 g/mol. The number of rotatable bonds is 6. The summed E-state index contributed by atoms with van der Waals surface area (Å²) >= 11 is 0. The molecule has 0 aliphatic heterocycles. The molecule has 0 bridgehead atoms. The summed E-state index contributed by atoms with van der Waals surface area (Å²) in [4.78, 5) is 8.64. The Balaban J connectivity index is 1.55. The second-order valence-electron chi connectivity index (χ2n) is 8.31. The third-order valence-electron chi connectivity index (χ3n) is 5.89. The van der Waals surface area contributed by atoms with E-state index in [1.165, 1.54) is 6.20 Å². The summed E-state index contributed by atoms with van der Waals surface area (Å²) in [5.74, 6) is 1.07. The predicted octanol–water partition coefficient (Wildman–Crippen LogP) is 3.61. The van der Waals surface area contributed by atoms with Crippen LogP contribution in [0.1, 0.15) is 57.4 Å². The Morgan fingerprint density at radius 3 is 2.50 bits per heavy atom. The first-order valence-electron chi connectivity index (χ1n) is 10.4. The van der Waals surface area contributed by atoms with Crippen molar-refractivity contribution in [1.82, 2.24) is 9.97 Å². The minimum Gasteiger partial charge on any atom is -0.393 e. The van der Waals surface area contributed by atoms with Crippen molar-refractivity contribution in [2.24, 2.45) is 5.92 Å². The molecule has 0 spiro atoms. The van der Waals surface area contributed by atoms with Crippen LogP contribution in [0.25, 0.3) is 0 Å². The Hall–Kier alpha value is -2.12. The molecule has 2 saturated carbocycles. The number of nitrogens with one attached hydrogen (secondary N) is 2. The maximum Gasteiger partial charge on any atom is 0.411 e. The second kappa shape index (κ2) is 9.79. The molecule has 2 fully saturated rings. The summed E-state index contributed by atoms with van der Waals surface area (Å²) in [6, 6.07) is 2.15. The summed E-state index contributed by atoms with van der Waals surface area (Å²) in [5, 5.41) is 25.9. The van der Waals surface area contributed by atoms with E-state index in [0.717, 1.165) is 12.8 Å². The molecular formula is C20H28F3N5O2. The molecule has 0 radical (unpaired) electrons. The van der Waals surface area contributed by atoms with Gasteiger partial charge in [0.05, 0.1) is 18.4 Å². The predicted molar refractivity (Wildman–Crippen MR) is 105 cm³/mol. The van der Waals surface area contributed by atoms with Crippen LogP contribution in [-0.2, 0) is 4.74 Å². The van der Waals surface area contributed by atoms with Crippen molar-refractivity contribution in [3.63, 3.8) is 0 Å². The number of hydrogen-bond donors (Lipinski definition) is 3. The summed E-state index contributed by atoms with van der Waals surface area (Å²) < 4.78 is 41.8. The quantitative estimate of drug-likeness (QED) is 0.637. The number of halogens is 3. The third-order valence-corrected chi connectivity index (χ3v) is 5.89. The van der Waals surface area contributed by atoms with Crippen molar-refractivity contribution in [2.75, 3.05) is 17.2 Å². The molecule has 1 aromatic heterocycles. The summed E-state index contributed by atoms with van der Waals surface area (Å²) in [5.41, 5.74) is 0.331. The van der Waals surface area contributed by atoms with Crippen LogP contribution in [0, 0.1) is 17.2 Å². The van der Waals surface area contributed by atoms with Gasteiger partial charge in [-0.05, 0) is 50.9 Å². The Bertz CT molecular complexity index is 747. The van der Waals surface area contributed by atoms with Gasteiger partial charge in [-0.2, -0.15) is 23.4 Å². The fourth-order valence-corrected chi connectivity index (χ4v) is 4.03. The topological polar surface area (TPSA) is 103 Å². The van der Waals surface area contributed by atoms with E-state index in [1.807, 2.05) is 6.92 Å². The van der Waals surface area contributed by atoms with Crippen LogP contribution >= 0.6 is 0 Å². The van der Waals surface area contributed by atoms with Crippen LogP contribution in [0.15, 0.2) is 6.20 Å². The first kappa shape index (κ1) is 22.6. The zero-order valence-electron chi connectivity index (χ0n) is 17.0. The number of hydrogen-bond acceptors (Lipinski definition) is 7. The number of nitriles is 1. The number of ether oxygens (including phenoxy) is 1. The number of alkyl halides is 3. The summed E-state index contributed by atoms with van der Waals surface area (Å²) in [6.45, 7) is 0.815. The highest BCUT2D eigenvalue weighted by Crippen LogP contribution is 2.28. The van der Waals surface area contributed by atoms with Gasteiger partial charge in [-0.25, -0.2) is 4.98 Å². The van der Waals surface area contributed by atoms with Gasteiger partial charge in [0.1, 0.15) is 24.1 Å². The van der Waals surface area contributed by atoms with E-state index in [0.29, 0.717) is 49.4 Å². The second-order valence-corrected chi connectivity index (χ2v) is 8.31. The highest BCUT2D eigenvalue weighted by molar-refractivity contribution is 5.54. The lowest BCUT2D eigenvalue weighted by Crippen LogP contribution is -2.35. The molecule has 30 heavy (non-hydrogen) atoms. The minimum absolute atomic E-state index is 0.0345. The molecule has 3 rings (SSSR count). The van der Waals surface area contributed by atoms with Gasteiger partial charge < -0.3 is 20.5 Å². The van der Waals surface area contributed by atoms with Gasteiger partial charge in [0.25, 0.3) is 0 Å². The zero-order valence-corrected chi connectivity index (χ0v) is 17.0. The summed E-state index contributed by atoms with van der Waals surface area (Å²) in [6.07, 6.45) is 1.15. The zero-order chi connectivity index (χ0) is 21.7. The lowest BCUT2D eigenvalue weighted by Gasteiger charge is -2.32. The average molecular weight is 427 g/mol. The molecule has 10 heteroatoms. The Morgan fingerprint density at radius 1 is 1.17 bits per heavy atom. The van der Waals surface area contributed by atoms with E-state index >= 15 is 0 Å². The molecule has 3 N–H and O–H groups in total. The van der Waals surface area contributed by atoms with Crippen LogP contribution in [0.4, 0.5) is 24.9 Å². The third kappa shape index (κ3) is 6.44. The van der Waals surface area contributed by atoms with Gasteiger partial charge in [-0.15, -0.1) is 0 Å². The average Bonchev–Trinajstić information content (AvgIpc) is 2.70. The highest BCUT2D eigenvalue weighted by atomic mass is 19.4. The van der Waals surface area contributed by atoms with Crippen molar-refractivity contribution in [2.45, 2.75) is 82.3 Å². The lowest BCUT2D eigenvalue weighted by atomic mass is 9.85. The van der Waals surface area contributed by atoms with Crippen molar-refractivity contribution >= 4 is 11.8 Å². The number of anilines is 2. The largest absolute Gasteiger partial charge is 0.411 e. The van der Waals surface area contributed by atoms with E-state index in [9.17, 15) is 23.5 Å². The smallest absolute Gasteiger partial charge is 0.393 e. The molecule has 0 amide bonds. The van der Waals surface area contributed by atoms with E-state index in [2.05, 4.69) is 26.7 Å². The Labute approximate surface area is 174 Å². The van der Waals surface area contributed by atoms with Gasteiger partial charge in [0.2, 0.25) is 5.95 Å². The first-order chi connectivity index (χ1) is 14.2. The molecule has 7 nitrogen and oxygen atoms in total. The maximum absolute atomic E-state index is 12.3. The molecule has 2 aliphatic carbocycles. The van der Waals surface area contributed by atoms with Crippen molar-refractivity contribution in [3.05, 3.63) is 11.8 Å².